The quantitative estimate of drug-likeness (QED) is 0.772. The number of hydrogen-bond donors (Lipinski definition) is 1. The minimum Gasteiger partial charge on any atom is -0.481 e. The van der Waals surface area contributed by atoms with Crippen LogP contribution in [0.5, 0.6) is 5.75 Å². The summed E-state index contributed by atoms with van der Waals surface area (Å²) < 4.78 is 31.0. The SMILES string of the molecule is C[C@H](Oc1cccc(Cl)c1)C(=O)NCc1ccc(S(=O)(=O)N(C)C)s1. The third-order valence-corrected chi connectivity index (χ3v) is 6.89. The normalized spacial score (nSPS) is 12.8. The van der Waals surface area contributed by atoms with E-state index >= 15 is 0 Å². The van der Waals surface area contributed by atoms with E-state index in [0.29, 0.717) is 10.8 Å². The lowest BCUT2D eigenvalue weighted by atomic mass is 10.3. The largest absolute Gasteiger partial charge is 0.481 e. The Labute approximate surface area is 156 Å². The van der Waals surface area contributed by atoms with Gasteiger partial charge in [-0.3, -0.25) is 4.79 Å². The van der Waals surface area contributed by atoms with Gasteiger partial charge in [-0.2, -0.15) is 0 Å². The molecule has 0 aliphatic heterocycles. The number of benzene rings is 1. The van der Waals surface area contributed by atoms with Gasteiger partial charge in [-0.25, -0.2) is 12.7 Å². The van der Waals surface area contributed by atoms with E-state index in [-0.39, 0.29) is 16.7 Å². The molecule has 1 heterocycles. The number of rotatable bonds is 7. The Balaban J connectivity index is 1.93. The van der Waals surface area contributed by atoms with Gasteiger partial charge in [0.25, 0.3) is 15.9 Å². The van der Waals surface area contributed by atoms with Crippen molar-refractivity contribution in [2.45, 2.75) is 23.8 Å². The van der Waals surface area contributed by atoms with Crippen LogP contribution < -0.4 is 10.1 Å². The number of nitrogens with zero attached hydrogens (tertiary/aromatic N) is 1. The Hall–Kier alpha value is -1.61. The number of sulfonamides is 1. The zero-order valence-electron chi connectivity index (χ0n) is 14.0. The van der Waals surface area contributed by atoms with Gasteiger partial charge in [0, 0.05) is 24.0 Å². The van der Waals surface area contributed by atoms with Gasteiger partial charge in [0.15, 0.2) is 6.10 Å². The molecule has 0 aliphatic rings. The van der Waals surface area contributed by atoms with E-state index in [9.17, 15) is 13.2 Å². The highest BCUT2D eigenvalue weighted by Gasteiger charge is 2.20. The molecule has 2 rings (SSSR count). The van der Waals surface area contributed by atoms with Crippen molar-refractivity contribution in [3.63, 3.8) is 0 Å². The van der Waals surface area contributed by atoms with Crippen LogP contribution >= 0.6 is 22.9 Å². The number of carbonyl (C=O) groups excluding carboxylic acids is 1. The standard InChI is InChI=1S/C16H19ClN2O4S2/c1-11(23-13-6-4-5-12(17)9-13)16(20)18-10-14-7-8-15(24-14)25(21,22)19(2)3/h4-9,11H,10H2,1-3H3,(H,18,20)/t11-/m0/s1. The average molecular weight is 403 g/mol. The van der Waals surface area contributed by atoms with Crippen molar-refractivity contribution in [2.75, 3.05) is 14.1 Å². The second kappa shape index (κ2) is 8.18. The van der Waals surface area contributed by atoms with Crippen LogP contribution in [0.1, 0.15) is 11.8 Å². The number of ether oxygens (including phenoxy) is 1. The fourth-order valence-electron chi connectivity index (χ4n) is 1.89. The van der Waals surface area contributed by atoms with Crippen molar-refractivity contribution in [1.29, 1.82) is 0 Å². The summed E-state index contributed by atoms with van der Waals surface area (Å²) in [6.07, 6.45) is -0.705. The fraction of sp³-hybridized carbons (Fsp3) is 0.312. The molecule has 0 fully saturated rings. The summed E-state index contributed by atoms with van der Waals surface area (Å²) in [5.41, 5.74) is 0. The van der Waals surface area contributed by atoms with Gasteiger partial charge >= 0.3 is 0 Å². The van der Waals surface area contributed by atoms with E-state index in [4.69, 9.17) is 16.3 Å². The maximum absolute atomic E-state index is 12.1. The van der Waals surface area contributed by atoms with Gasteiger partial charge in [0.2, 0.25) is 0 Å². The molecule has 1 amide bonds. The Morgan fingerprint density at radius 1 is 1.32 bits per heavy atom. The van der Waals surface area contributed by atoms with E-state index < -0.39 is 16.1 Å². The number of halogens is 1. The summed E-state index contributed by atoms with van der Waals surface area (Å²) in [7, 11) is -0.499. The lowest BCUT2D eigenvalue weighted by Crippen LogP contribution is -2.35. The zero-order valence-corrected chi connectivity index (χ0v) is 16.4. The number of thiophene rings is 1. The smallest absolute Gasteiger partial charge is 0.261 e. The highest BCUT2D eigenvalue weighted by atomic mass is 35.5. The van der Waals surface area contributed by atoms with Crippen molar-refractivity contribution < 1.29 is 17.9 Å². The van der Waals surface area contributed by atoms with Crippen molar-refractivity contribution in [1.82, 2.24) is 9.62 Å². The van der Waals surface area contributed by atoms with Crippen LogP contribution in [0, 0.1) is 0 Å². The maximum atomic E-state index is 12.1. The zero-order chi connectivity index (χ0) is 18.6. The Morgan fingerprint density at radius 2 is 2.04 bits per heavy atom. The first-order chi connectivity index (χ1) is 11.7. The molecule has 136 valence electrons. The molecule has 0 bridgehead atoms. The molecule has 6 nitrogen and oxygen atoms in total. The average Bonchev–Trinajstić information content (AvgIpc) is 3.02. The van der Waals surface area contributed by atoms with Gasteiger partial charge in [0.1, 0.15) is 9.96 Å². The molecule has 0 unspecified atom stereocenters. The molecule has 1 aromatic heterocycles. The van der Waals surface area contributed by atoms with Crippen LogP contribution in [0.25, 0.3) is 0 Å². The van der Waals surface area contributed by atoms with Crippen LogP contribution in [0.4, 0.5) is 0 Å². The molecular weight excluding hydrogens is 384 g/mol. The molecule has 25 heavy (non-hydrogen) atoms. The van der Waals surface area contributed by atoms with Crippen molar-refractivity contribution >= 4 is 38.9 Å². The summed E-state index contributed by atoms with van der Waals surface area (Å²) in [6, 6.07) is 10.0. The molecule has 9 heteroatoms. The van der Waals surface area contributed by atoms with Gasteiger partial charge in [-0.1, -0.05) is 17.7 Å². The predicted octanol–water partition coefficient (Wildman–Crippen LogP) is 2.74. The minimum atomic E-state index is -3.45. The number of amides is 1. The summed E-state index contributed by atoms with van der Waals surface area (Å²) in [6.45, 7) is 1.86. The van der Waals surface area contributed by atoms with Gasteiger partial charge in [-0.15, -0.1) is 11.3 Å². The topological polar surface area (TPSA) is 75.7 Å². The van der Waals surface area contributed by atoms with Crippen LogP contribution in [-0.4, -0.2) is 38.8 Å². The summed E-state index contributed by atoms with van der Waals surface area (Å²) in [4.78, 5) is 12.9. The third kappa shape index (κ3) is 5.18. The van der Waals surface area contributed by atoms with Crippen molar-refractivity contribution in [2.24, 2.45) is 0 Å². The van der Waals surface area contributed by atoms with Crippen LogP contribution in [0.3, 0.4) is 0 Å². The van der Waals surface area contributed by atoms with Gasteiger partial charge in [-0.05, 0) is 37.3 Å². The van der Waals surface area contributed by atoms with E-state index in [1.54, 1.807) is 37.3 Å². The van der Waals surface area contributed by atoms with Gasteiger partial charge in [0.05, 0.1) is 6.54 Å². The highest BCUT2D eigenvalue weighted by molar-refractivity contribution is 7.91. The lowest BCUT2D eigenvalue weighted by Gasteiger charge is -2.14. The Kier molecular flexibility index (Phi) is 6.45. The van der Waals surface area contributed by atoms with Crippen LogP contribution in [-0.2, 0) is 21.4 Å². The molecular formula is C16H19ClN2O4S2. The second-order valence-corrected chi connectivity index (χ2v) is 9.43. The monoisotopic (exact) mass is 402 g/mol. The molecule has 2 aromatic rings. The summed E-state index contributed by atoms with van der Waals surface area (Å²) >= 11 is 7.00. The molecule has 1 atom stereocenters. The van der Waals surface area contributed by atoms with Crippen molar-refractivity contribution in [3.8, 4) is 5.75 Å². The van der Waals surface area contributed by atoms with E-state index in [1.807, 2.05) is 0 Å². The molecule has 1 aromatic carbocycles. The molecule has 0 aliphatic carbocycles. The third-order valence-electron chi connectivity index (χ3n) is 3.29. The number of carbonyl (C=O) groups is 1. The van der Waals surface area contributed by atoms with Crippen LogP contribution in [0.2, 0.25) is 5.02 Å². The summed E-state index contributed by atoms with van der Waals surface area (Å²) in [5, 5.41) is 3.26. The number of hydrogen-bond acceptors (Lipinski definition) is 5. The first-order valence-electron chi connectivity index (χ1n) is 7.41. The second-order valence-electron chi connectivity index (χ2n) is 5.44. The Bertz CT molecular complexity index is 849. The molecule has 1 N–H and O–H groups in total. The molecule has 0 radical (unpaired) electrons. The van der Waals surface area contributed by atoms with Crippen LogP contribution in [0.15, 0.2) is 40.6 Å². The summed E-state index contributed by atoms with van der Waals surface area (Å²) in [5.74, 6) is 0.205. The first kappa shape index (κ1) is 19.7. The molecule has 0 saturated carbocycles. The Morgan fingerprint density at radius 3 is 2.68 bits per heavy atom. The van der Waals surface area contributed by atoms with E-state index in [1.165, 1.54) is 20.2 Å². The molecule has 0 spiro atoms. The van der Waals surface area contributed by atoms with Gasteiger partial charge < -0.3 is 10.1 Å². The van der Waals surface area contributed by atoms with E-state index in [0.717, 1.165) is 20.5 Å². The first-order valence-corrected chi connectivity index (χ1v) is 10.0. The molecule has 0 saturated heterocycles. The fourth-order valence-corrected chi connectivity index (χ4v) is 4.53. The predicted molar refractivity (Wildman–Crippen MR) is 98.6 cm³/mol. The minimum absolute atomic E-state index is 0.232. The maximum Gasteiger partial charge on any atom is 0.261 e. The highest BCUT2D eigenvalue weighted by Crippen LogP contribution is 2.23. The number of nitrogens with one attached hydrogen (secondary N) is 1. The lowest BCUT2D eigenvalue weighted by molar-refractivity contribution is -0.127. The van der Waals surface area contributed by atoms with E-state index in [2.05, 4.69) is 5.32 Å². The van der Waals surface area contributed by atoms with Crippen molar-refractivity contribution in [3.05, 3.63) is 46.3 Å².